The molecule has 0 saturated carbocycles. The minimum Gasteiger partial charge on any atom is -0.455 e. The van der Waals surface area contributed by atoms with Gasteiger partial charge in [0.15, 0.2) is 6.61 Å². The number of benzene rings is 2. The quantitative estimate of drug-likeness (QED) is 0.563. The Morgan fingerprint density at radius 3 is 2.41 bits per heavy atom. The molecule has 2 N–H and O–H groups in total. The molecule has 168 valence electrons. The van der Waals surface area contributed by atoms with Gasteiger partial charge in [0.1, 0.15) is 0 Å². The highest BCUT2D eigenvalue weighted by Crippen LogP contribution is 2.25. The normalized spacial score (nSPS) is 15.4. The molecular formula is C20H15Cl4N3O5. The molecule has 0 aromatic heterocycles. The predicted molar refractivity (Wildman–Crippen MR) is 120 cm³/mol. The van der Waals surface area contributed by atoms with Gasteiger partial charge >= 0.3 is 5.97 Å². The summed E-state index contributed by atoms with van der Waals surface area (Å²) in [5, 5.41) is 4.59. The molecule has 12 heteroatoms. The van der Waals surface area contributed by atoms with Crippen LogP contribution in [-0.4, -0.2) is 41.9 Å². The first-order valence-corrected chi connectivity index (χ1v) is 10.6. The fourth-order valence-electron chi connectivity index (χ4n) is 2.86. The van der Waals surface area contributed by atoms with Crippen LogP contribution in [0.25, 0.3) is 0 Å². The number of hydrogen-bond acceptors (Lipinski definition) is 5. The molecule has 3 amide bonds. The summed E-state index contributed by atoms with van der Waals surface area (Å²) < 4.78 is 4.99. The number of amides is 3. The summed E-state index contributed by atoms with van der Waals surface area (Å²) in [5.41, 5.74) is 2.79. The van der Waals surface area contributed by atoms with Crippen LogP contribution in [-0.2, 0) is 19.1 Å². The molecule has 1 fully saturated rings. The second-order valence-electron chi connectivity index (χ2n) is 6.75. The van der Waals surface area contributed by atoms with Gasteiger partial charge in [0, 0.05) is 16.5 Å². The molecule has 1 aliphatic heterocycles. The van der Waals surface area contributed by atoms with Crippen molar-refractivity contribution in [2.75, 3.05) is 18.5 Å². The Balaban J connectivity index is 1.51. The third kappa shape index (κ3) is 6.04. The van der Waals surface area contributed by atoms with Crippen molar-refractivity contribution in [3.8, 4) is 0 Å². The van der Waals surface area contributed by atoms with Crippen molar-refractivity contribution in [3.63, 3.8) is 0 Å². The Morgan fingerprint density at radius 2 is 1.69 bits per heavy atom. The van der Waals surface area contributed by atoms with E-state index in [2.05, 4.69) is 10.7 Å². The van der Waals surface area contributed by atoms with E-state index in [1.807, 2.05) is 0 Å². The van der Waals surface area contributed by atoms with Gasteiger partial charge in [0.25, 0.3) is 11.8 Å². The predicted octanol–water partition coefficient (Wildman–Crippen LogP) is 3.98. The zero-order chi connectivity index (χ0) is 23.4. The SMILES string of the molecule is O=C(COC(=O)[C@H]1CC(=O)N(NC(=O)c2ccc(Cl)cc2Cl)C1)Nc1cc(Cl)ccc1Cl. The van der Waals surface area contributed by atoms with Crippen molar-refractivity contribution >= 4 is 75.8 Å². The molecule has 0 radical (unpaired) electrons. The van der Waals surface area contributed by atoms with E-state index < -0.39 is 36.2 Å². The van der Waals surface area contributed by atoms with Crippen LogP contribution in [0.1, 0.15) is 16.8 Å². The molecule has 0 spiro atoms. The molecule has 2 aromatic rings. The highest BCUT2D eigenvalue weighted by atomic mass is 35.5. The molecule has 1 saturated heterocycles. The monoisotopic (exact) mass is 517 g/mol. The van der Waals surface area contributed by atoms with Crippen LogP contribution in [0.3, 0.4) is 0 Å². The van der Waals surface area contributed by atoms with E-state index in [0.29, 0.717) is 10.0 Å². The van der Waals surface area contributed by atoms with Crippen molar-refractivity contribution in [3.05, 3.63) is 62.1 Å². The van der Waals surface area contributed by atoms with Gasteiger partial charge in [-0.2, -0.15) is 0 Å². The molecule has 2 aromatic carbocycles. The summed E-state index contributed by atoms with van der Waals surface area (Å²) in [6, 6.07) is 8.81. The van der Waals surface area contributed by atoms with E-state index in [1.165, 1.54) is 30.3 Å². The second-order valence-corrected chi connectivity index (χ2v) is 8.44. The van der Waals surface area contributed by atoms with Gasteiger partial charge in [-0.25, -0.2) is 0 Å². The Morgan fingerprint density at radius 1 is 1.00 bits per heavy atom. The minimum absolute atomic E-state index is 0.114. The number of nitrogens with one attached hydrogen (secondary N) is 2. The standard InChI is InChI=1S/C20H15Cl4N3O5/c21-11-1-3-13(15(24)6-11)19(30)26-27-8-10(5-18(27)29)20(31)32-9-17(28)25-16-7-12(22)2-4-14(16)23/h1-4,6-7,10H,5,8-9H2,(H,25,28)(H,26,30)/t10-/m0/s1. The third-order valence-corrected chi connectivity index (χ3v) is 5.53. The van der Waals surface area contributed by atoms with Crippen LogP contribution in [0.5, 0.6) is 0 Å². The van der Waals surface area contributed by atoms with E-state index >= 15 is 0 Å². The molecule has 0 unspecified atom stereocenters. The van der Waals surface area contributed by atoms with Crippen LogP contribution in [0.2, 0.25) is 20.1 Å². The Labute approximate surface area is 202 Å². The van der Waals surface area contributed by atoms with Gasteiger partial charge in [-0.1, -0.05) is 46.4 Å². The van der Waals surface area contributed by atoms with Crippen LogP contribution >= 0.6 is 46.4 Å². The number of esters is 1. The zero-order valence-corrected chi connectivity index (χ0v) is 19.2. The minimum atomic E-state index is -0.856. The summed E-state index contributed by atoms with van der Waals surface area (Å²) in [6.45, 7) is -0.699. The number of anilines is 1. The third-order valence-electron chi connectivity index (χ3n) is 4.42. The Bertz CT molecular complexity index is 1090. The van der Waals surface area contributed by atoms with E-state index in [4.69, 9.17) is 51.1 Å². The molecule has 1 atom stereocenters. The van der Waals surface area contributed by atoms with Crippen LogP contribution in [0.15, 0.2) is 36.4 Å². The largest absolute Gasteiger partial charge is 0.455 e. The van der Waals surface area contributed by atoms with Crippen molar-refractivity contribution < 1.29 is 23.9 Å². The van der Waals surface area contributed by atoms with Crippen molar-refractivity contribution in [2.45, 2.75) is 6.42 Å². The number of carbonyl (C=O) groups is 4. The lowest BCUT2D eigenvalue weighted by Crippen LogP contribution is -2.43. The van der Waals surface area contributed by atoms with Gasteiger partial charge in [0.05, 0.1) is 33.8 Å². The van der Waals surface area contributed by atoms with Gasteiger partial charge < -0.3 is 10.1 Å². The molecular weight excluding hydrogens is 504 g/mol. The van der Waals surface area contributed by atoms with E-state index in [1.54, 1.807) is 6.07 Å². The summed E-state index contributed by atoms with van der Waals surface area (Å²) in [4.78, 5) is 48.9. The number of halogens is 4. The fourth-order valence-corrected chi connectivity index (χ4v) is 3.70. The number of carbonyl (C=O) groups excluding carboxylic acids is 4. The summed E-state index contributed by atoms with van der Waals surface area (Å²) >= 11 is 23.6. The van der Waals surface area contributed by atoms with Gasteiger partial charge in [0.2, 0.25) is 5.91 Å². The molecule has 0 aliphatic carbocycles. The van der Waals surface area contributed by atoms with Gasteiger partial charge in [-0.3, -0.25) is 29.6 Å². The molecule has 8 nitrogen and oxygen atoms in total. The van der Waals surface area contributed by atoms with Gasteiger partial charge in [-0.15, -0.1) is 0 Å². The molecule has 1 heterocycles. The first-order valence-electron chi connectivity index (χ1n) is 9.12. The lowest BCUT2D eigenvalue weighted by Gasteiger charge is -2.18. The smallest absolute Gasteiger partial charge is 0.311 e. The van der Waals surface area contributed by atoms with E-state index in [-0.39, 0.29) is 34.3 Å². The number of ether oxygens (including phenoxy) is 1. The lowest BCUT2D eigenvalue weighted by atomic mass is 10.1. The molecule has 0 bridgehead atoms. The Kier molecular flexibility index (Phi) is 7.84. The van der Waals surface area contributed by atoms with Crippen LogP contribution in [0.4, 0.5) is 5.69 Å². The summed E-state index contributed by atoms with van der Waals surface area (Å²) in [7, 11) is 0. The molecule has 1 aliphatic rings. The molecule has 32 heavy (non-hydrogen) atoms. The topological polar surface area (TPSA) is 105 Å². The number of hydrazine groups is 1. The van der Waals surface area contributed by atoms with Crippen molar-refractivity contribution in [1.29, 1.82) is 0 Å². The van der Waals surface area contributed by atoms with E-state index in [9.17, 15) is 19.2 Å². The van der Waals surface area contributed by atoms with E-state index in [0.717, 1.165) is 5.01 Å². The number of rotatable bonds is 6. The van der Waals surface area contributed by atoms with Crippen LogP contribution in [0, 0.1) is 5.92 Å². The maximum atomic E-state index is 12.4. The molecule has 3 rings (SSSR count). The number of nitrogens with zero attached hydrogens (tertiary/aromatic N) is 1. The summed E-state index contributed by atoms with van der Waals surface area (Å²) in [6.07, 6.45) is -0.185. The van der Waals surface area contributed by atoms with Crippen LogP contribution < -0.4 is 10.7 Å². The fraction of sp³-hybridized carbons (Fsp3) is 0.200. The zero-order valence-electron chi connectivity index (χ0n) is 16.2. The highest BCUT2D eigenvalue weighted by Gasteiger charge is 2.37. The second kappa shape index (κ2) is 10.4. The average Bonchev–Trinajstić information content (AvgIpc) is 3.09. The average molecular weight is 519 g/mol. The maximum Gasteiger partial charge on any atom is 0.311 e. The van der Waals surface area contributed by atoms with Crippen molar-refractivity contribution in [1.82, 2.24) is 10.4 Å². The van der Waals surface area contributed by atoms with Crippen molar-refractivity contribution in [2.24, 2.45) is 5.92 Å². The maximum absolute atomic E-state index is 12.4. The lowest BCUT2D eigenvalue weighted by molar-refractivity contribution is -0.151. The van der Waals surface area contributed by atoms with Gasteiger partial charge in [-0.05, 0) is 36.4 Å². The number of hydrogen-bond donors (Lipinski definition) is 2. The highest BCUT2D eigenvalue weighted by molar-refractivity contribution is 6.37. The first-order chi connectivity index (χ1) is 15.1. The first kappa shape index (κ1) is 24.1. The summed E-state index contributed by atoms with van der Waals surface area (Å²) in [5.74, 6) is -3.36. The Hall–Kier alpha value is -2.52.